The van der Waals surface area contributed by atoms with Crippen LogP contribution in [0.3, 0.4) is 0 Å². The number of rotatable bonds is 3. The van der Waals surface area contributed by atoms with E-state index in [0.29, 0.717) is 17.7 Å². The first-order chi connectivity index (χ1) is 9.24. The zero-order valence-electron chi connectivity index (χ0n) is 9.80. The molecule has 2 aromatic heterocycles. The molecule has 19 heavy (non-hydrogen) atoms. The minimum atomic E-state index is -0.612. The molecule has 0 spiro atoms. The maximum absolute atomic E-state index is 10.7. The first-order valence-corrected chi connectivity index (χ1v) is 5.60. The maximum atomic E-state index is 10.7. The topological polar surface area (TPSA) is 86.7 Å². The van der Waals surface area contributed by atoms with E-state index in [9.17, 15) is 10.1 Å². The molecule has 3 aromatic rings. The molecule has 0 N–H and O–H groups in total. The molecule has 0 bridgehead atoms. The number of nitrogens with zero attached hydrogens (tertiary/aromatic N) is 5. The summed E-state index contributed by atoms with van der Waals surface area (Å²) in [5, 5.41) is 10.7. The standard InChI is InChI=1S/C12H9N5O2/c18-17(19)12-13-6-10-11(15-12)16(8-14-10)7-9-4-2-1-3-5-9/h1-6,8H,7H2. The molecule has 7 heteroatoms. The summed E-state index contributed by atoms with van der Waals surface area (Å²) in [4.78, 5) is 21.8. The Bertz CT molecular complexity index is 738. The lowest BCUT2D eigenvalue weighted by atomic mass is 10.2. The SMILES string of the molecule is O=[N+]([O-])c1ncc2ncn(Cc3ccccc3)c2n1. The molecule has 3 rings (SSSR count). The summed E-state index contributed by atoms with van der Waals surface area (Å²) in [6, 6.07) is 9.75. The van der Waals surface area contributed by atoms with Gasteiger partial charge in [-0.2, -0.15) is 0 Å². The summed E-state index contributed by atoms with van der Waals surface area (Å²) in [5.74, 6) is -0.415. The molecule has 0 aliphatic heterocycles. The van der Waals surface area contributed by atoms with Gasteiger partial charge in [-0.3, -0.25) is 4.57 Å². The average Bonchev–Trinajstić information content (AvgIpc) is 2.82. The Morgan fingerprint density at radius 3 is 2.74 bits per heavy atom. The number of aromatic nitrogens is 4. The van der Waals surface area contributed by atoms with Gasteiger partial charge in [0.2, 0.25) is 5.65 Å². The molecule has 0 amide bonds. The summed E-state index contributed by atoms with van der Waals surface area (Å²) >= 11 is 0. The summed E-state index contributed by atoms with van der Waals surface area (Å²) in [7, 11) is 0. The van der Waals surface area contributed by atoms with E-state index in [2.05, 4.69) is 15.0 Å². The minimum absolute atomic E-state index is 0.415. The van der Waals surface area contributed by atoms with Crippen molar-refractivity contribution in [3.63, 3.8) is 0 Å². The summed E-state index contributed by atoms with van der Waals surface area (Å²) in [5.41, 5.74) is 2.08. The van der Waals surface area contributed by atoms with Crippen LogP contribution >= 0.6 is 0 Å². The lowest BCUT2D eigenvalue weighted by Crippen LogP contribution is -2.01. The Morgan fingerprint density at radius 1 is 1.21 bits per heavy atom. The van der Waals surface area contributed by atoms with Crippen molar-refractivity contribution in [2.45, 2.75) is 6.54 Å². The monoisotopic (exact) mass is 255 g/mol. The molecule has 0 aliphatic carbocycles. The summed E-state index contributed by atoms with van der Waals surface area (Å²) in [6.45, 7) is 0.561. The molecule has 0 aliphatic rings. The fourth-order valence-electron chi connectivity index (χ4n) is 1.83. The van der Waals surface area contributed by atoms with E-state index in [1.165, 1.54) is 6.20 Å². The smallest absolute Gasteiger partial charge is 0.390 e. The highest BCUT2D eigenvalue weighted by molar-refractivity contribution is 5.70. The Hall–Kier alpha value is -2.83. The summed E-state index contributed by atoms with van der Waals surface area (Å²) < 4.78 is 1.76. The number of fused-ring (bicyclic) bond motifs is 1. The van der Waals surface area contributed by atoms with Gasteiger partial charge in [0.15, 0.2) is 5.52 Å². The van der Waals surface area contributed by atoms with Crippen LogP contribution in [0.2, 0.25) is 0 Å². The van der Waals surface area contributed by atoms with Crippen LogP contribution in [-0.4, -0.2) is 24.4 Å². The van der Waals surface area contributed by atoms with Gasteiger partial charge in [0.05, 0.1) is 12.9 Å². The van der Waals surface area contributed by atoms with E-state index in [1.807, 2.05) is 30.3 Å². The van der Waals surface area contributed by atoms with E-state index in [4.69, 9.17) is 0 Å². The van der Waals surface area contributed by atoms with E-state index < -0.39 is 10.9 Å². The second kappa shape index (κ2) is 4.45. The van der Waals surface area contributed by atoms with Crippen molar-refractivity contribution in [1.29, 1.82) is 0 Å². The van der Waals surface area contributed by atoms with Crippen LogP contribution in [0.25, 0.3) is 11.2 Å². The quantitative estimate of drug-likeness (QED) is 0.526. The molecule has 0 saturated heterocycles. The number of nitro groups is 1. The highest BCUT2D eigenvalue weighted by atomic mass is 16.6. The minimum Gasteiger partial charge on any atom is -0.390 e. The Balaban J connectivity index is 2.04. The molecule has 0 atom stereocenters. The molecule has 7 nitrogen and oxygen atoms in total. The fraction of sp³-hybridized carbons (Fsp3) is 0.0833. The average molecular weight is 255 g/mol. The van der Waals surface area contributed by atoms with Gasteiger partial charge >= 0.3 is 5.95 Å². The fourth-order valence-corrected chi connectivity index (χ4v) is 1.83. The predicted octanol–water partition coefficient (Wildman–Crippen LogP) is 1.78. The highest BCUT2D eigenvalue weighted by Gasteiger charge is 2.15. The Labute approximate surface area is 107 Å². The molecule has 0 saturated carbocycles. The van der Waals surface area contributed by atoms with Gasteiger partial charge in [-0.25, -0.2) is 4.98 Å². The van der Waals surface area contributed by atoms with Gasteiger partial charge in [-0.1, -0.05) is 35.3 Å². The van der Waals surface area contributed by atoms with Crippen LogP contribution in [0.15, 0.2) is 42.9 Å². The van der Waals surface area contributed by atoms with E-state index in [1.54, 1.807) is 10.9 Å². The summed E-state index contributed by atoms with van der Waals surface area (Å²) in [6.07, 6.45) is 2.97. The third-order valence-electron chi connectivity index (χ3n) is 2.70. The zero-order chi connectivity index (χ0) is 13.2. The van der Waals surface area contributed by atoms with Gasteiger partial charge in [0.1, 0.15) is 6.20 Å². The van der Waals surface area contributed by atoms with Gasteiger partial charge in [-0.05, 0) is 15.5 Å². The first-order valence-electron chi connectivity index (χ1n) is 5.60. The van der Waals surface area contributed by atoms with Crippen LogP contribution in [-0.2, 0) is 6.54 Å². The number of benzene rings is 1. The van der Waals surface area contributed by atoms with E-state index in [0.717, 1.165) is 5.56 Å². The molecule has 0 unspecified atom stereocenters. The largest absolute Gasteiger partial charge is 0.470 e. The normalized spacial score (nSPS) is 10.7. The second-order valence-electron chi connectivity index (χ2n) is 3.99. The molecule has 94 valence electrons. The third-order valence-corrected chi connectivity index (χ3v) is 2.70. The number of hydrogen-bond acceptors (Lipinski definition) is 5. The van der Waals surface area contributed by atoms with Crippen molar-refractivity contribution in [2.75, 3.05) is 0 Å². The molecular weight excluding hydrogens is 246 g/mol. The number of hydrogen-bond donors (Lipinski definition) is 0. The highest BCUT2D eigenvalue weighted by Crippen LogP contribution is 2.14. The van der Waals surface area contributed by atoms with E-state index >= 15 is 0 Å². The zero-order valence-corrected chi connectivity index (χ0v) is 9.80. The van der Waals surface area contributed by atoms with Crippen molar-refractivity contribution < 1.29 is 4.92 Å². The Kier molecular flexibility index (Phi) is 2.64. The lowest BCUT2D eigenvalue weighted by Gasteiger charge is -2.01. The number of imidazole rings is 1. The van der Waals surface area contributed by atoms with Crippen LogP contribution in [0.1, 0.15) is 5.56 Å². The lowest BCUT2D eigenvalue weighted by molar-refractivity contribution is -0.394. The van der Waals surface area contributed by atoms with Crippen LogP contribution in [0, 0.1) is 10.1 Å². The van der Waals surface area contributed by atoms with Crippen molar-refractivity contribution >= 4 is 17.1 Å². The second-order valence-corrected chi connectivity index (χ2v) is 3.99. The van der Waals surface area contributed by atoms with Crippen molar-refractivity contribution in [1.82, 2.24) is 19.5 Å². The van der Waals surface area contributed by atoms with Gasteiger partial charge in [0, 0.05) is 0 Å². The third kappa shape index (κ3) is 2.13. The molecule has 2 heterocycles. The van der Waals surface area contributed by atoms with Crippen molar-refractivity contribution in [2.24, 2.45) is 0 Å². The van der Waals surface area contributed by atoms with Gasteiger partial charge < -0.3 is 10.1 Å². The molecule has 0 fully saturated rings. The maximum Gasteiger partial charge on any atom is 0.470 e. The first kappa shape index (κ1) is 11.3. The van der Waals surface area contributed by atoms with Crippen molar-refractivity contribution in [3.8, 4) is 0 Å². The van der Waals surface area contributed by atoms with E-state index in [-0.39, 0.29) is 0 Å². The molecule has 1 aromatic carbocycles. The van der Waals surface area contributed by atoms with Gasteiger partial charge in [-0.15, -0.1) is 0 Å². The molecular formula is C12H9N5O2. The van der Waals surface area contributed by atoms with Crippen LogP contribution in [0.4, 0.5) is 5.95 Å². The van der Waals surface area contributed by atoms with Crippen LogP contribution < -0.4 is 0 Å². The Morgan fingerprint density at radius 2 is 2.00 bits per heavy atom. The molecule has 0 radical (unpaired) electrons. The predicted molar refractivity (Wildman–Crippen MR) is 67.5 cm³/mol. The van der Waals surface area contributed by atoms with Crippen LogP contribution in [0.5, 0.6) is 0 Å². The van der Waals surface area contributed by atoms with Gasteiger partial charge in [0.25, 0.3) is 0 Å². The van der Waals surface area contributed by atoms with Crippen molar-refractivity contribution in [3.05, 3.63) is 58.5 Å².